The molecule has 10 heteroatoms. The molecule has 2 aliphatic heterocycles. The van der Waals surface area contributed by atoms with Crippen molar-refractivity contribution in [1.29, 1.82) is 0 Å². The molecular formula is C25H28N6O4. The highest BCUT2D eigenvalue weighted by molar-refractivity contribution is 5.93. The molecule has 182 valence electrons. The lowest BCUT2D eigenvalue weighted by molar-refractivity contribution is 0.167. The predicted octanol–water partition coefficient (Wildman–Crippen LogP) is 3.72. The lowest BCUT2D eigenvalue weighted by atomic mass is 10.0. The first-order chi connectivity index (χ1) is 17.1. The van der Waals surface area contributed by atoms with E-state index in [9.17, 15) is 4.79 Å². The van der Waals surface area contributed by atoms with Gasteiger partial charge in [-0.05, 0) is 44.5 Å². The summed E-state index contributed by atoms with van der Waals surface area (Å²) >= 11 is 0. The van der Waals surface area contributed by atoms with E-state index < -0.39 is 6.09 Å². The number of hydrogen-bond acceptors (Lipinski definition) is 8. The molecule has 0 radical (unpaired) electrons. The van der Waals surface area contributed by atoms with Gasteiger partial charge in [0.2, 0.25) is 5.95 Å². The Hall–Kier alpha value is -4.08. The molecule has 35 heavy (non-hydrogen) atoms. The number of methoxy groups -OCH3 is 1. The number of benzene rings is 1. The van der Waals surface area contributed by atoms with Gasteiger partial charge in [-0.1, -0.05) is 11.2 Å². The summed E-state index contributed by atoms with van der Waals surface area (Å²) in [5.41, 5.74) is 4.69. The van der Waals surface area contributed by atoms with Crippen LogP contribution in [0.15, 0.2) is 47.2 Å². The number of alkyl carbamates (subject to hydrolysis) is 1. The maximum atomic E-state index is 11.5. The standard InChI is InChI=1S/C20H23N5O4.C5H5N/c1-11-16(12(2)29-23-11)14-4-5-15-17-18(14)28-9-8-25(17)19(22-15)24-7-6-13(10-24)21-20(26)27-3;1-2-4-6-5-3-1/h4-5,13H,6-10H2,1-3H3,(H,21,26);1-5H. The van der Waals surface area contributed by atoms with Gasteiger partial charge in [-0.25, -0.2) is 9.78 Å². The van der Waals surface area contributed by atoms with Crippen molar-refractivity contribution in [2.24, 2.45) is 0 Å². The summed E-state index contributed by atoms with van der Waals surface area (Å²) in [5.74, 6) is 2.51. The Morgan fingerprint density at radius 1 is 1.17 bits per heavy atom. The van der Waals surface area contributed by atoms with Crippen LogP contribution in [0.3, 0.4) is 0 Å². The number of hydrogen-bond donors (Lipinski definition) is 1. The van der Waals surface area contributed by atoms with E-state index in [-0.39, 0.29) is 6.04 Å². The van der Waals surface area contributed by atoms with Crippen LogP contribution in [0, 0.1) is 13.8 Å². The van der Waals surface area contributed by atoms with Crippen molar-refractivity contribution in [3.8, 4) is 16.9 Å². The summed E-state index contributed by atoms with van der Waals surface area (Å²) in [5, 5.41) is 6.97. The van der Waals surface area contributed by atoms with Crippen molar-refractivity contribution in [2.75, 3.05) is 31.7 Å². The summed E-state index contributed by atoms with van der Waals surface area (Å²) in [6.45, 7) is 6.68. The van der Waals surface area contributed by atoms with E-state index in [0.29, 0.717) is 13.2 Å². The Morgan fingerprint density at radius 2 is 2.00 bits per heavy atom. The number of nitrogens with zero attached hydrogens (tertiary/aromatic N) is 5. The quantitative estimate of drug-likeness (QED) is 0.477. The topological polar surface area (TPSA) is 108 Å². The molecule has 0 bridgehead atoms. The summed E-state index contributed by atoms with van der Waals surface area (Å²) < 4.78 is 18.4. The molecule has 4 aromatic rings. The lowest BCUT2D eigenvalue weighted by Gasteiger charge is -2.23. The smallest absolute Gasteiger partial charge is 0.407 e. The highest BCUT2D eigenvalue weighted by Gasteiger charge is 2.31. The van der Waals surface area contributed by atoms with Crippen LogP contribution in [0.5, 0.6) is 5.75 Å². The second kappa shape index (κ2) is 9.65. The van der Waals surface area contributed by atoms with Crippen molar-refractivity contribution in [3.63, 3.8) is 0 Å². The molecule has 1 atom stereocenters. The molecule has 1 unspecified atom stereocenters. The van der Waals surface area contributed by atoms with Crippen LogP contribution in [-0.2, 0) is 11.3 Å². The number of anilines is 1. The number of carbonyl (C=O) groups excluding carboxylic acids is 1. The van der Waals surface area contributed by atoms with E-state index >= 15 is 0 Å². The fraction of sp³-hybridized carbons (Fsp3) is 0.360. The molecular weight excluding hydrogens is 448 g/mol. The zero-order chi connectivity index (χ0) is 24.4. The largest absolute Gasteiger partial charge is 0.489 e. The van der Waals surface area contributed by atoms with Crippen molar-refractivity contribution >= 4 is 23.1 Å². The minimum Gasteiger partial charge on any atom is -0.489 e. The first-order valence-corrected chi connectivity index (χ1v) is 11.6. The van der Waals surface area contributed by atoms with Gasteiger partial charge in [-0.15, -0.1) is 0 Å². The number of ether oxygens (including phenoxy) is 2. The number of aromatic nitrogens is 4. The lowest BCUT2D eigenvalue weighted by Crippen LogP contribution is -2.37. The molecule has 1 saturated heterocycles. The van der Waals surface area contributed by atoms with Crippen LogP contribution in [0.2, 0.25) is 0 Å². The predicted molar refractivity (Wildman–Crippen MR) is 131 cm³/mol. The first kappa shape index (κ1) is 22.7. The molecule has 6 rings (SSSR count). The number of amides is 1. The van der Waals surface area contributed by atoms with Gasteiger partial charge in [0.25, 0.3) is 0 Å². The average Bonchev–Trinajstić information content (AvgIpc) is 3.59. The van der Waals surface area contributed by atoms with Gasteiger partial charge >= 0.3 is 6.09 Å². The summed E-state index contributed by atoms with van der Waals surface area (Å²) in [6.07, 6.45) is 3.96. The van der Waals surface area contributed by atoms with Gasteiger partial charge < -0.3 is 28.8 Å². The van der Waals surface area contributed by atoms with E-state index in [2.05, 4.69) is 24.9 Å². The zero-order valence-corrected chi connectivity index (χ0v) is 20.0. The number of aryl methyl sites for hydroxylation is 2. The Labute approximate surface area is 202 Å². The molecule has 1 fully saturated rings. The number of carbonyl (C=O) groups is 1. The normalized spacial score (nSPS) is 16.4. The Kier molecular flexibility index (Phi) is 6.26. The van der Waals surface area contributed by atoms with E-state index in [1.54, 1.807) is 12.4 Å². The van der Waals surface area contributed by atoms with Gasteiger partial charge in [0, 0.05) is 31.0 Å². The molecule has 2 aliphatic rings. The second-order valence-corrected chi connectivity index (χ2v) is 8.51. The van der Waals surface area contributed by atoms with Crippen molar-refractivity contribution in [2.45, 2.75) is 32.9 Å². The van der Waals surface area contributed by atoms with E-state index in [4.69, 9.17) is 19.0 Å². The van der Waals surface area contributed by atoms with Crippen molar-refractivity contribution < 1.29 is 18.8 Å². The molecule has 0 aliphatic carbocycles. The zero-order valence-electron chi connectivity index (χ0n) is 20.0. The van der Waals surface area contributed by atoms with Crippen molar-refractivity contribution in [3.05, 3.63) is 54.2 Å². The maximum Gasteiger partial charge on any atom is 0.407 e. The Morgan fingerprint density at radius 3 is 2.66 bits per heavy atom. The molecule has 1 amide bonds. The number of imidazole rings is 1. The van der Waals surface area contributed by atoms with E-state index in [0.717, 1.165) is 64.8 Å². The van der Waals surface area contributed by atoms with Crippen LogP contribution in [0.4, 0.5) is 10.7 Å². The summed E-state index contributed by atoms with van der Waals surface area (Å²) in [7, 11) is 1.38. The maximum absolute atomic E-state index is 11.5. The van der Waals surface area contributed by atoms with Crippen LogP contribution < -0.4 is 15.0 Å². The first-order valence-electron chi connectivity index (χ1n) is 11.6. The SMILES string of the molecule is COC(=O)NC1CCN(c2nc3ccc(-c4c(C)noc4C)c4c3n2CCO4)C1.c1ccncc1. The minimum absolute atomic E-state index is 0.0484. The molecule has 0 saturated carbocycles. The van der Waals surface area contributed by atoms with Crippen LogP contribution in [0.25, 0.3) is 22.2 Å². The van der Waals surface area contributed by atoms with Crippen molar-refractivity contribution in [1.82, 2.24) is 25.0 Å². The molecule has 1 N–H and O–H groups in total. The summed E-state index contributed by atoms with van der Waals surface area (Å²) in [6, 6.07) is 9.82. The second-order valence-electron chi connectivity index (χ2n) is 8.51. The minimum atomic E-state index is -0.397. The molecule has 10 nitrogen and oxygen atoms in total. The van der Waals surface area contributed by atoms with Gasteiger partial charge in [0.05, 0.1) is 36.5 Å². The summed E-state index contributed by atoms with van der Waals surface area (Å²) in [4.78, 5) is 22.4. The number of rotatable bonds is 3. The molecule has 3 aromatic heterocycles. The fourth-order valence-corrected chi connectivity index (χ4v) is 4.68. The highest BCUT2D eigenvalue weighted by Crippen LogP contribution is 2.42. The molecule has 0 spiro atoms. The third-order valence-electron chi connectivity index (χ3n) is 6.25. The molecule has 5 heterocycles. The monoisotopic (exact) mass is 476 g/mol. The average molecular weight is 477 g/mol. The Balaban J connectivity index is 0.000000371. The number of nitrogens with one attached hydrogen (secondary N) is 1. The van der Waals surface area contributed by atoms with Crippen LogP contribution in [0.1, 0.15) is 17.9 Å². The Bertz CT molecular complexity index is 1290. The van der Waals surface area contributed by atoms with Crippen LogP contribution in [-0.4, -0.2) is 58.6 Å². The van der Waals surface area contributed by atoms with Gasteiger partial charge in [0.15, 0.2) is 5.75 Å². The third-order valence-corrected chi connectivity index (χ3v) is 6.25. The fourth-order valence-electron chi connectivity index (χ4n) is 4.68. The van der Waals surface area contributed by atoms with E-state index in [1.165, 1.54) is 7.11 Å². The van der Waals surface area contributed by atoms with Crippen LogP contribution >= 0.6 is 0 Å². The van der Waals surface area contributed by atoms with Gasteiger partial charge in [-0.3, -0.25) is 4.98 Å². The molecule has 1 aromatic carbocycles. The third kappa shape index (κ3) is 4.39. The highest BCUT2D eigenvalue weighted by atomic mass is 16.5. The van der Waals surface area contributed by atoms with Gasteiger partial charge in [-0.2, -0.15) is 0 Å². The number of pyridine rings is 1. The van der Waals surface area contributed by atoms with E-state index in [1.807, 2.05) is 44.2 Å². The van der Waals surface area contributed by atoms with Gasteiger partial charge in [0.1, 0.15) is 17.9 Å².